The van der Waals surface area contributed by atoms with Crippen LogP contribution in [0.15, 0.2) is 21.7 Å². The maximum Gasteiger partial charge on any atom is 0.433 e. The fourth-order valence-corrected chi connectivity index (χ4v) is 1.08. The van der Waals surface area contributed by atoms with E-state index in [1.165, 1.54) is 13.0 Å². The lowest BCUT2D eigenvalue weighted by Crippen LogP contribution is -2.36. The van der Waals surface area contributed by atoms with Crippen molar-refractivity contribution in [2.45, 2.75) is 13.0 Å². The van der Waals surface area contributed by atoms with Gasteiger partial charge in [-0.25, -0.2) is 9.80 Å². The topological polar surface area (TPSA) is 135 Å². The molecule has 0 saturated carbocycles. The average Bonchev–Trinajstić information content (AvgIpc) is 2.72. The predicted octanol–water partition coefficient (Wildman–Crippen LogP) is 0.283. The van der Waals surface area contributed by atoms with Gasteiger partial charge in [-0.2, -0.15) is 5.10 Å². The molecule has 0 radical (unpaired) electrons. The monoisotopic (exact) mass is 256 g/mol. The van der Waals surface area contributed by atoms with Crippen molar-refractivity contribution < 1.29 is 19.2 Å². The molecule has 1 rings (SSSR count). The molecule has 1 aromatic rings. The quantitative estimate of drug-likeness (QED) is 0.443. The number of carbonyl (C=O) groups is 1. The number of amides is 2. The maximum atomic E-state index is 11.0. The Bertz CT molecular complexity index is 467. The van der Waals surface area contributed by atoms with Crippen LogP contribution >= 0.6 is 0 Å². The van der Waals surface area contributed by atoms with Crippen molar-refractivity contribution in [3.8, 4) is 0 Å². The van der Waals surface area contributed by atoms with E-state index in [1.54, 1.807) is 0 Å². The number of primary amides is 1. The van der Waals surface area contributed by atoms with Crippen LogP contribution in [0.4, 0.5) is 10.7 Å². The number of hydrazone groups is 1. The zero-order valence-electron chi connectivity index (χ0n) is 9.52. The van der Waals surface area contributed by atoms with E-state index in [0.717, 1.165) is 17.3 Å². The molecule has 0 aliphatic carbocycles. The van der Waals surface area contributed by atoms with E-state index in [2.05, 4.69) is 5.10 Å². The molecule has 0 fully saturated rings. The van der Waals surface area contributed by atoms with Crippen molar-refractivity contribution in [1.82, 2.24) is 5.01 Å². The number of nitrogens with zero attached hydrogens (tertiary/aromatic N) is 3. The third kappa shape index (κ3) is 3.87. The van der Waals surface area contributed by atoms with E-state index >= 15 is 0 Å². The highest BCUT2D eigenvalue weighted by molar-refractivity contribution is 5.79. The Labute approximate surface area is 102 Å². The van der Waals surface area contributed by atoms with Crippen molar-refractivity contribution in [2.24, 2.45) is 10.8 Å². The lowest BCUT2D eigenvalue weighted by Gasteiger charge is -2.15. The molecule has 0 aliphatic heterocycles. The van der Waals surface area contributed by atoms with Crippen molar-refractivity contribution >= 4 is 18.1 Å². The Morgan fingerprint density at radius 1 is 1.78 bits per heavy atom. The fraction of sp³-hybridized carbons (Fsp3) is 0.333. The molecule has 1 heterocycles. The molecule has 3 N–H and O–H groups in total. The van der Waals surface area contributed by atoms with Crippen LogP contribution in [0.5, 0.6) is 0 Å². The van der Waals surface area contributed by atoms with Gasteiger partial charge in [0, 0.05) is 0 Å². The molecule has 0 aliphatic rings. The van der Waals surface area contributed by atoms with Crippen LogP contribution in [0.1, 0.15) is 12.7 Å². The molecule has 0 bridgehead atoms. The largest absolute Gasteiger partial charge is 0.433 e. The first kappa shape index (κ1) is 13.6. The van der Waals surface area contributed by atoms with Crippen LogP contribution in [0.3, 0.4) is 0 Å². The third-order valence-corrected chi connectivity index (χ3v) is 1.81. The van der Waals surface area contributed by atoms with Crippen LogP contribution in [0.2, 0.25) is 0 Å². The van der Waals surface area contributed by atoms with Crippen molar-refractivity contribution in [1.29, 1.82) is 0 Å². The van der Waals surface area contributed by atoms with Crippen LogP contribution in [-0.4, -0.2) is 39.9 Å². The number of furan rings is 1. The predicted molar refractivity (Wildman–Crippen MR) is 60.9 cm³/mol. The van der Waals surface area contributed by atoms with E-state index in [1.807, 2.05) is 0 Å². The molecule has 0 saturated heterocycles. The van der Waals surface area contributed by atoms with Gasteiger partial charge in [0.05, 0.1) is 24.9 Å². The summed E-state index contributed by atoms with van der Waals surface area (Å²) in [4.78, 5) is 20.6. The van der Waals surface area contributed by atoms with Gasteiger partial charge in [-0.15, -0.1) is 0 Å². The summed E-state index contributed by atoms with van der Waals surface area (Å²) in [5.41, 5.74) is 5.03. The fourth-order valence-electron chi connectivity index (χ4n) is 1.08. The molecular formula is C9H12N4O5. The van der Waals surface area contributed by atoms with E-state index in [0.29, 0.717) is 0 Å². The van der Waals surface area contributed by atoms with Gasteiger partial charge in [-0.05, 0) is 13.0 Å². The van der Waals surface area contributed by atoms with Gasteiger partial charge in [-0.3, -0.25) is 10.1 Å². The average molecular weight is 256 g/mol. The molecule has 0 unspecified atom stereocenters. The summed E-state index contributed by atoms with van der Waals surface area (Å²) in [5.74, 6) is -0.337. The zero-order chi connectivity index (χ0) is 13.7. The number of hydrogen-bond donors (Lipinski definition) is 2. The first-order valence-corrected chi connectivity index (χ1v) is 4.93. The zero-order valence-corrected chi connectivity index (χ0v) is 9.52. The van der Waals surface area contributed by atoms with Gasteiger partial charge < -0.3 is 15.3 Å². The molecule has 9 nitrogen and oxygen atoms in total. The highest BCUT2D eigenvalue weighted by Gasteiger charge is 2.13. The summed E-state index contributed by atoms with van der Waals surface area (Å²) in [5, 5.41) is 23.9. The minimum atomic E-state index is -0.854. The Morgan fingerprint density at radius 2 is 2.44 bits per heavy atom. The molecule has 1 aromatic heterocycles. The lowest BCUT2D eigenvalue weighted by molar-refractivity contribution is -0.402. The number of aliphatic hydroxyl groups excluding tert-OH is 1. The molecule has 18 heavy (non-hydrogen) atoms. The van der Waals surface area contributed by atoms with Gasteiger partial charge >= 0.3 is 11.9 Å². The number of hydrogen-bond acceptors (Lipinski definition) is 6. The second kappa shape index (κ2) is 5.77. The van der Waals surface area contributed by atoms with Gasteiger partial charge in [-0.1, -0.05) is 0 Å². The minimum Gasteiger partial charge on any atom is -0.400 e. The van der Waals surface area contributed by atoms with Crippen LogP contribution in [-0.2, 0) is 0 Å². The van der Waals surface area contributed by atoms with E-state index in [4.69, 9.17) is 15.3 Å². The summed E-state index contributed by atoms with van der Waals surface area (Å²) in [6.45, 7) is 1.37. The van der Waals surface area contributed by atoms with Crippen molar-refractivity contribution in [2.75, 3.05) is 6.54 Å². The Balaban J connectivity index is 2.75. The molecule has 1 atom stereocenters. The molecule has 98 valence electrons. The van der Waals surface area contributed by atoms with E-state index in [-0.39, 0.29) is 12.3 Å². The van der Waals surface area contributed by atoms with E-state index < -0.39 is 22.9 Å². The van der Waals surface area contributed by atoms with Gasteiger partial charge in [0.25, 0.3) is 0 Å². The number of rotatable bonds is 5. The molecule has 0 spiro atoms. The number of carbonyl (C=O) groups excluding carboxylic acids is 1. The van der Waals surface area contributed by atoms with Gasteiger partial charge in [0.1, 0.15) is 4.92 Å². The summed E-state index contributed by atoms with van der Waals surface area (Å²) in [6.07, 6.45) is 0.292. The summed E-state index contributed by atoms with van der Waals surface area (Å²) < 4.78 is 4.79. The maximum absolute atomic E-state index is 11.0. The number of urea groups is 1. The lowest BCUT2D eigenvalue weighted by atomic mass is 10.4. The second-order valence-electron chi connectivity index (χ2n) is 3.45. The Kier molecular flexibility index (Phi) is 4.38. The first-order chi connectivity index (χ1) is 8.40. The Hall–Kier alpha value is -2.42. The van der Waals surface area contributed by atoms with Gasteiger partial charge in [0.2, 0.25) is 0 Å². The summed E-state index contributed by atoms with van der Waals surface area (Å²) in [6, 6.07) is 1.63. The standard InChI is InChI=1S/C9H12N4O5/c1-6(14)5-12(9(10)15)11-4-7-2-3-8(18-7)13(16)17/h2-4,6,14H,5H2,1H3,(H2,10,15)/t6-/m0/s1. The summed E-state index contributed by atoms with van der Waals surface area (Å²) >= 11 is 0. The highest BCUT2D eigenvalue weighted by atomic mass is 16.6. The van der Waals surface area contributed by atoms with Crippen LogP contribution in [0.25, 0.3) is 0 Å². The SMILES string of the molecule is C[C@H](O)CN(N=Cc1ccc([N+](=O)[O-])o1)C(N)=O. The Morgan fingerprint density at radius 3 is 2.89 bits per heavy atom. The smallest absolute Gasteiger partial charge is 0.400 e. The van der Waals surface area contributed by atoms with Crippen LogP contribution < -0.4 is 5.73 Å². The van der Waals surface area contributed by atoms with E-state index in [9.17, 15) is 14.9 Å². The second-order valence-corrected chi connectivity index (χ2v) is 3.45. The van der Waals surface area contributed by atoms with Crippen molar-refractivity contribution in [3.63, 3.8) is 0 Å². The first-order valence-electron chi connectivity index (χ1n) is 4.93. The summed E-state index contributed by atoms with van der Waals surface area (Å²) in [7, 11) is 0. The molecule has 2 amide bonds. The minimum absolute atomic E-state index is 0.0887. The van der Waals surface area contributed by atoms with Gasteiger partial charge in [0.15, 0.2) is 5.76 Å². The van der Waals surface area contributed by atoms with Crippen LogP contribution in [0, 0.1) is 10.1 Å². The third-order valence-electron chi connectivity index (χ3n) is 1.81. The number of nitrogens with two attached hydrogens (primary N) is 1. The number of aliphatic hydroxyl groups is 1. The molecule has 0 aromatic carbocycles. The number of nitro groups is 1. The van der Waals surface area contributed by atoms with Crippen molar-refractivity contribution in [3.05, 3.63) is 28.0 Å². The molecule has 9 heteroatoms. The highest BCUT2D eigenvalue weighted by Crippen LogP contribution is 2.13. The normalized spacial score (nSPS) is 12.6. The molecular weight excluding hydrogens is 244 g/mol.